The van der Waals surface area contributed by atoms with E-state index in [0.29, 0.717) is 5.92 Å². The third kappa shape index (κ3) is 1.81. The summed E-state index contributed by atoms with van der Waals surface area (Å²) in [5, 5.41) is 12.2. The predicted octanol–water partition coefficient (Wildman–Crippen LogP) is 1.60. The highest BCUT2D eigenvalue weighted by Gasteiger charge is 2.12. The van der Waals surface area contributed by atoms with Gasteiger partial charge in [0, 0.05) is 5.92 Å². The van der Waals surface area contributed by atoms with Crippen LogP contribution in [0.5, 0.6) is 0 Å². The largest absolute Gasteiger partial charge is 0.177 e. The number of hydrogen-bond donors (Lipinski definition) is 0. The van der Waals surface area contributed by atoms with E-state index in [2.05, 4.69) is 29.3 Å². The van der Waals surface area contributed by atoms with Crippen LogP contribution in [0.4, 0.5) is 0 Å². The van der Waals surface area contributed by atoms with Crippen LogP contribution in [0.3, 0.4) is 0 Å². The van der Waals surface area contributed by atoms with Gasteiger partial charge < -0.3 is 0 Å². The summed E-state index contributed by atoms with van der Waals surface area (Å²) in [5.41, 5.74) is 0. The smallest absolute Gasteiger partial charge is 0.164 e. The molecular weight excluding hydrogens is 152 g/mol. The molecule has 1 heterocycles. The third-order valence-electron chi connectivity index (χ3n) is 2.10. The molecule has 0 fully saturated rings. The van der Waals surface area contributed by atoms with Gasteiger partial charge in [-0.3, -0.25) is 0 Å². The lowest BCUT2D eigenvalue weighted by Crippen LogP contribution is -2.01. The van der Waals surface area contributed by atoms with Crippen LogP contribution >= 0.6 is 0 Å². The molecule has 68 valence electrons. The number of tetrazole rings is 1. The Bertz CT molecular complexity index is 227. The topological polar surface area (TPSA) is 43.6 Å². The maximum atomic E-state index is 4.27. The van der Waals surface area contributed by atoms with Crippen LogP contribution < -0.4 is 0 Å². The second kappa shape index (κ2) is 4.18. The number of rotatable bonds is 4. The first-order valence-electron chi connectivity index (χ1n) is 4.59. The van der Waals surface area contributed by atoms with E-state index in [-0.39, 0.29) is 0 Å². The number of hydrogen-bond acceptors (Lipinski definition) is 3. The minimum atomic E-state index is 0.477. The van der Waals surface area contributed by atoms with E-state index in [0.717, 1.165) is 25.2 Å². The number of aromatic nitrogens is 4. The monoisotopic (exact) mass is 168 g/mol. The summed E-state index contributed by atoms with van der Waals surface area (Å²) < 4.78 is 0. The van der Waals surface area contributed by atoms with Gasteiger partial charge in [0.15, 0.2) is 5.82 Å². The quantitative estimate of drug-likeness (QED) is 0.685. The van der Waals surface area contributed by atoms with Gasteiger partial charge in [-0.2, -0.15) is 4.80 Å². The van der Waals surface area contributed by atoms with Crippen LogP contribution in [0, 0.1) is 0 Å². The van der Waals surface area contributed by atoms with E-state index in [1.807, 2.05) is 6.92 Å². The molecule has 1 rings (SSSR count). The Morgan fingerprint density at radius 1 is 1.25 bits per heavy atom. The molecule has 0 spiro atoms. The zero-order valence-electron chi connectivity index (χ0n) is 7.99. The van der Waals surface area contributed by atoms with Crippen molar-refractivity contribution < 1.29 is 0 Å². The van der Waals surface area contributed by atoms with Gasteiger partial charge >= 0.3 is 0 Å². The summed E-state index contributed by atoms with van der Waals surface area (Å²) in [6.07, 6.45) is 2.18. The van der Waals surface area contributed by atoms with Crippen molar-refractivity contribution in [3.63, 3.8) is 0 Å². The first-order valence-corrected chi connectivity index (χ1v) is 4.59. The highest BCUT2D eigenvalue weighted by molar-refractivity contribution is 4.89. The van der Waals surface area contributed by atoms with Crippen molar-refractivity contribution >= 4 is 0 Å². The molecule has 1 aromatic heterocycles. The van der Waals surface area contributed by atoms with E-state index in [1.165, 1.54) is 0 Å². The van der Waals surface area contributed by atoms with Gasteiger partial charge in [0.1, 0.15) is 0 Å². The molecule has 0 aliphatic carbocycles. The van der Waals surface area contributed by atoms with Gasteiger partial charge in [-0.1, -0.05) is 13.8 Å². The van der Waals surface area contributed by atoms with Crippen molar-refractivity contribution in [1.82, 2.24) is 20.2 Å². The van der Waals surface area contributed by atoms with Gasteiger partial charge in [-0.25, -0.2) is 0 Å². The molecular formula is C8H16N4. The Morgan fingerprint density at radius 3 is 2.33 bits per heavy atom. The zero-order valence-corrected chi connectivity index (χ0v) is 7.99. The van der Waals surface area contributed by atoms with Gasteiger partial charge in [-0.05, 0) is 25.0 Å². The highest BCUT2D eigenvalue weighted by atomic mass is 15.6. The molecule has 0 amide bonds. The van der Waals surface area contributed by atoms with Crippen molar-refractivity contribution in [2.45, 2.75) is 46.1 Å². The fourth-order valence-electron chi connectivity index (χ4n) is 1.21. The van der Waals surface area contributed by atoms with Crippen LogP contribution in [-0.4, -0.2) is 20.2 Å². The Morgan fingerprint density at radius 2 is 1.92 bits per heavy atom. The average molecular weight is 168 g/mol. The van der Waals surface area contributed by atoms with Gasteiger partial charge in [0.25, 0.3) is 0 Å². The third-order valence-corrected chi connectivity index (χ3v) is 2.10. The first-order chi connectivity index (χ1) is 5.81. The maximum Gasteiger partial charge on any atom is 0.177 e. The van der Waals surface area contributed by atoms with Gasteiger partial charge in [0.05, 0.1) is 6.54 Å². The lowest BCUT2D eigenvalue weighted by Gasteiger charge is -2.04. The fraction of sp³-hybridized carbons (Fsp3) is 0.875. The summed E-state index contributed by atoms with van der Waals surface area (Å²) in [4.78, 5) is 1.63. The second-order valence-corrected chi connectivity index (χ2v) is 2.85. The van der Waals surface area contributed by atoms with E-state index >= 15 is 0 Å². The average Bonchev–Trinajstić information content (AvgIpc) is 2.55. The molecule has 0 saturated heterocycles. The normalized spacial score (nSPS) is 11.0. The van der Waals surface area contributed by atoms with Crippen molar-refractivity contribution in [1.29, 1.82) is 0 Å². The lowest BCUT2D eigenvalue weighted by molar-refractivity contribution is 0.541. The maximum absolute atomic E-state index is 4.27. The van der Waals surface area contributed by atoms with E-state index < -0.39 is 0 Å². The van der Waals surface area contributed by atoms with Crippen LogP contribution in [0.2, 0.25) is 0 Å². The van der Waals surface area contributed by atoms with Crippen LogP contribution in [0.15, 0.2) is 0 Å². The van der Waals surface area contributed by atoms with E-state index in [1.54, 1.807) is 4.80 Å². The van der Waals surface area contributed by atoms with E-state index in [9.17, 15) is 0 Å². The molecule has 0 aromatic carbocycles. The molecule has 0 N–H and O–H groups in total. The molecule has 4 heteroatoms. The Labute approximate surface area is 73.0 Å². The van der Waals surface area contributed by atoms with Crippen molar-refractivity contribution in [3.8, 4) is 0 Å². The van der Waals surface area contributed by atoms with Crippen LogP contribution in [0.25, 0.3) is 0 Å². The van der Waals surface area contributed by atoms with E-state index in [4.69, 9.17) is 0 Å². The Balaban J connectivity index is 2.72. The minimum Gasteiger partial charge on any atom is -0.164 e. The molecule has 0 radical (unpaired) electrons. The highest BCUT2D eigenvalue weighted by Crippen LogP contribution is 2.17. The van der Waals surface area contributed by atoms with Crippen molar-refractivity contribution in [3.05, 3.63) is 5.82 Å². The first kappa shape index (κ1) is 9.16. The van der Waals surface area contributed by atoms with Crippen LogP contribution in [0.1, 0.15) is 45.4 Å². The summed E-state index contributed by atoms with van der Waals surface area (Å²) in [6, 6.07) is 0. The molecule has 0 bridgehead atoms. The predicted molar refractivity (Wildman–Crippen MR) is 46.8 cm³/mol. The fourth-order valence-corrected chi connectivity index (χ4v) is 1.21. The molecule has 0 aliphatic rings. The number of nitrogens with zero attached hydrogens (tertiary/aromatic N) is 4. The summed E-state index contributed by atoms with van der Waals surface area (Å²) in [5.74, 6) is 1.37. The minimum absolute atomic E-state index is 0.477. The molecule has 4 nitrogen and oxygen atoms in total. The SMILES string of the molecule is CCC(CC)c1nnn(CC)n1. The van der Waals surface area contributed by atoms with Gasteiger partial charge in [0.2, 0.25) is 0 Å². The summed E-state index contributed by atoms with van der Waals surface area (Å²) in [7, 11) is 0. The standard InChI is InChI=1S/C8H16N4/c1-4-7(5-2)8-9-11-12(6-3)10-8/h7H,4-6H2,1-3H3. The van der Waals surface area contributed by atoms with Crippen molar-refractivity contribution in [2.24, 2.45) is 0 Å². The molecule has 0 aliphatic heterocycles. The van der Waals surface area contributed by atoms with Crippen LogP contribution in [-0.2, 0) is 6.54 Å². The summed E-state index contributed by atoms with van der Waals surface area (Å²) >= 11 is 0. The molecule has 0 unspecified atom stereocenters. The molecule has 0 atom stereocenters. The molecule has 0 saturated carbocycles. The molecule has 1 aromatic rings. The lowest BCUT2D eigenvalue weighted by atomic mass is 10.0. The molecule has 12 heavy (non-hydrogen) atoms. The van der Waals surface area contributed by atoms with Crippen molar-refractivity contribution in [2.75, 3.05) is 0 Å². The second-order valence-electron chi connectivity index (χ2n) is 2.85. The Kier molecular flexibility index (Phi) is 3.19. The zero-order chi connectivity index (χ0) is 8.97. The number of aryl methyl sites for hydroxylation is 1. The van der Waals surface area contributed by atoms with Gasteiger partial charge in [-0.15, -0.1) is 10.2 Å². The Hall–Kier alpha value is -0.930. The summed E-state index contributed by atoms with van der Waals surface area (Å²) in [6.45, 7) is 7.12.